The molecule has 0 aliphatic heterocycles. The molecule has 0 saturated heterocycles. The van der Waals surface area contributed by atoms with Gasteiger partial charge < -0.3 is 16.2 Å². The number of carbonyl (C=O) groups is 2. The summed E-state index contributed by atoms with van der Waals surface area (Å²) in [5.41, 5.74) is 1.42. The van der Waals surface area contributed by atoms with Crippen LogP contribution in [0, 0.1) is 0 Å². The number of carboxylic acids is 1. The molecule has 1 aromatic rings. The molecule has 0 aliphatic rings. The highest BCUT2D eigenvalue weighted by molar-refractivity contribution is 5.91. The lowest BCUT2D eigenvalue weighted by molar-refractivity contribution is -0.192. The summed E-state index contributed by atoms with van der Waals surface area (Å²) in [6, 6.07) is 3.52. The first-order valence-corrected chi connectivity index (χ1v) is 4.93. The van der Waals surface area contributed by atoms with Crippen LogP contribution < -0.4 is 11.1 Å². The van der Waals surface area contributed by atoms with Crippen molar-refractivity contribution in [3.63, 3.8) is 0 Å². The van der Waals surface area contributed by atoms with Gasteiger partial charge in [0, 0.05) is 0 Å². The van der Waals surface area contributed by atoms with Crippen LogP contribution in [0.2, 0.25) is 0 Å². The van der Waals surface area contributed by atoms with E-state index in [1.807, 2.05) is 0 Å². The first-order chi connectivity index (χ1) is 8.58. The SMILES string of the molecule is CC(Nc1cccc(C(N)=O)n1)(C(=O)O)C(F)(F)F. The second-order valence-corrected chi connectivity index (χ2v) is 3.83. The van der Waals surface area contributed by atoms with Gasteiger partial charge in [-0.15, -0.1) is 0 Å². The minimum absolute atomic E-state index is 0.278. The molecule has 0 saturated carbocycles. The Balaban J connectivity index is 3.15. The molecule has 1 aromatic heterocycles. The van der Waals surface area contributed by atoms with Gasteiger partial charge in [-0.05, 0) is 19.1 Å². The van der Waals surface area contributed by atoms with Crippen molar-refractivity contribution in [2.75, 3.05) is 5.32 Å². The van der Waals surface area contributed by atoms with E-state index in [0.29, 0.717) is 6.92 Å². The van der Waals surface area contributed by atoms with Crippen molar-refractivity contribution in [3.8, 4) is 0 Å². The predicted octanol–water partition coefficient (Wildman–Crippen LogP) is 0.998. The highest BCUT2D eigenvalue weighted by atomic mass is 19.4. The monoisotopic (exact) mass is 277 g/mol. The first kappa shape index (κ1) is 14.7. The van der Waals surface area contributed by atoms with Crippen molar-refractivity contribution in [1.29, 1.82) is 0 Å². The Kier molecular flexibility index (Phi) is 3.68. The van der Waals surface area contributed by atoms with E-state index < -0.39 is 29.4 Å². The lowest BCUT2D eigenvalue weighted by Crippen LogP contribution is -2.55. The zero-order chi connectivity index (χ0) is 14.8. The number of rotatable bonds is 4. The molecule has 0 aromatic carbocycles. The van der Waals surface area contributed by atoms with E-state index in [1.54, 1.807) is 5.32 Å². The summed E-state index contributed by atoms with van der Waals surface area (Å²) in [5.74, 6) is -3.47. The van der Waals surface area contributed by atoms with Gasteiger partial charge in [0.2, 0.25) is 5.54 Å². The van der Waals surface area contributed by atoms with E-state index >= 15 is 0 Å². The van der Waals surface area contributed by atoms with Gasteiger partial charge in [0.1, 0.15) is 11.5 Å². The number of amides is 1. The summed E-state index contributed by atoms with van der Waals surface area (Å²) in [4.78, 5) is 25.1. The topological polar surface area (TPSA) is 105 Å². The van der Waals surface area contributed by atoms with Crippen molar-refractivity contribution >= 4 is 17.7 Å². The number of aliphatic carboxylic acids is 1. The minimum atomic E-state index is -5.05. The van der Waals surface area contributed by atoms with E-state index in [2.05, 4.69) is 4.98 Å². The molecule has 1 atom stereocenters. The Hall–Kier alpha value is -2.32. The van der Waals surface area contributed by atoms with Crippen molar-refractivity contribution < 1.29 is 27.9 Å². The summed E-state index contributed by atoms with van der Waals surface area (Å²) >= 11 is 0. The fraction of sp³-hybridized carbons (Fsp3) is 0.300. The molecule has 1 unspecified atom stereocenters. The lowest BCUT2D eigenvalue weighted by Gasteiger charge is -2.29. The molecule has 0 bridgehead atoms. The van der Waals surface area contributed by atoms with Gasteiger partial charge >= 0.3 is 12.1 Å². The summed E-state index contributed by atoms with van der Waals surface area (Å²) in [6.07, 6.45) is -5.05. The smallest absolute Gasteiger partial charge is 0.422 e. The van der Waals surface area contributed by atoms with Crippen LogP contribution in [-0.4, -0.2) is 33.7 Å². The minimum Gasteiger partial charge on any atom is -0.479 e. The van der Waals surface area contributed by atoms with Crippen LogP contribution in [0.4, 0.5) is 19.0 Å². The number of anilines is 1. The molecule has 0 radical (unpaired) electrons. The molecule has 4 N–H and O–H groups in total. The summed E-state index contributed by atoms with van der Waals surface area (Å²) in [7, 11) is 0. The maximum absolute atomic E-state index is 12.7. The van der Waals surface area contributed by atoms with Gasteiger partial charge in [0.25, 0.3) is 5.91 Å². The number of carboxylic acid groups (broad SMARTS) is 1. The van der Waals surface area contributed by atoms with Crippen LogP contribution in [0.15, 0.2) is 18.2 Å². The van der Waals surface area contributed by atoms with Crippen LogP contribution in [-0.2, 0) is 4.79 Å². The highest BCUT2D eigenvalue weighted by Gasteiger charge is 2.57. The Morgan fingerprint density at radius 1 is 1.37 bits per heavy atom. The van der Waals surface area contributed by atoms with Gasteiger partial charge in [-0.1, -0.05) is 6.07 Å². The predicted molar refractivity (Wildman–Crippen MR) is 58.5 cm³/mol. The number of nitrogens with zero attached hydrogens (tertiary/aromatic N) is 1. The number of pyridine rings is 1. The molecule has 19 heavy (non-hydrogen) atoms. The number of nitrogens with two attached hydrogens (primary N) is 1. The maximum Gasteiger partial charge on any atom is 0.422 e. The number of aromatic nitrogens is 1. The molecule has 9 heteroatoms. The number of primary amides is 1. The molecular formula is C10H10F3N3O3. The van der Waals surface area contributed by atoms with E-state index in [4.69, 9.17) is 10.8 Å². The molecular weight excluding hydrogens is 267 g/mol. The molecule has 0 spiro atoms. The van der Waals surface area contributed by atoms with Crippen LogP contribution >= 0.6 is 0 Å². The van der Waals surface area contributed by atoms with E-state index in [1.165, 1.54) is 12.1 Å². The van der Waals surface area contributed by atoms with Crippen LogP contribution in [0.5, 0.6) is 0 Å². The zero-order valence-electron chi connectivity index (χ0n) is 9.65. The third-order valence-corrected chi connectivity index (χ3v) is 2.37. The third-order valence-electron chi connectivity index (χ3n) is 2.37. The average molecular weight is 277 g/mol. The van der Waals surface area contributed by atoms with E-state index in [0.717, 1.165) is 6.07 Å². The van der Waals surface area contributed by atoms with Crippen LogP contribution in [0.3, 0.4) is 0 Å². The second-order valence-electron chi connectivity index (χ2n) is 3.83. The molecule has 1 heterocycles. The van der Waals surface area contributed by atoms with Crippen molar-refractivity contribution in [1.82, 2.24) is 4.98 Å². The van der Waals surface area contributed by atoms with E-state index in [-0.39, 0.29) is 5.69 Å². The summed E-state index contributed by atoms with van der Waals surface area (Å²) < 4.78 is 38.2. The first-order valence-electron chi connectivity index (χ1n) is 4.93. The normalized spacial score (nSPS) is 14.5. The number of carbonyl (C=O) groups excluding carboxylic acids is 1. The van der Waals surface area contributed by atoms with E-state index in [9.17, 15) is 22.8 Å². The molecule has 1 amide bonds. The summed E-state index contributed by atoms with van der Waals surface area (Å²) in [5, 5.41) is 10.5. The van der Waals surface area contributed by atoms with Gasteiger partial charge in [0.05, 0.1) is 0 Å². The van der Waals surface area contributed by atoms with Gasteiger partial charge in [-0.2, -0.15) is 13.2 Å². The standard InChI is InChI=1S/C10H10F3N3O3/c1-9(8(18)19,10(11,12)13)16-6-4-2-3-5(15-6)7(14)17/h2-4H,1H3,(H2,14,17)(H,15,16)(H,18,19). The summed E-state index contributed by atoms with van der Waals surface area (Å²) in [6.45, 7) is 0.452. The molecule has 1 rings (SSSR count). The molecule has 6 nitrogen and oxygen atoms in total. The van der Waals surface area contributed by atoms with Gasteiger partial charge in [-0.3, -0.25) is 4.79 Å². The highest BCUT2D eigenvalue weighted by Crippen LogP contribution is 2.33. The third kappa shape index (κ3) is 2.92. The quantitative estimate of drug-likeness (QED) is 0.761. The zero-order valence-corrected chi connectivity index (χ0v) is 9.65. The molecule has 0 aliphatic carbocycles. The number of hydrogen-bond donors (Lipinski definition) is 3. The molecule has 0 fully saturated rings. The fourth-order valence-electron chi connectivity index (χ4n) is 1.14. The number of nitrogens with one attached hydrogen (secondary N) is 1. The number of alkyl halides is 3. The Morgan fingerprint density at radius 3 is 2.37 bits per heavy atom. The van der Waals surface area contributed by atoms with Gasteiger partial charge in [-0.25, -0.2) is 9.78 Å². The fourth-order valence-corrected chi connectivity index (χ4v) is 1.14. The maximum atomic E-state index is 12.7. The Labute approximate surface area is 105 Å². The number of hydrogen-bond acceptors (Lipinski definition) is 4. The Bertz CT molecular complexity index is 518. The Morgan fingerprint density at radius 2 is 1.95 bits per heavy atom. The van der Waals surface area contributed by atoms with Crippen LogP contribution in [0.25, 0.3) is 0 Å². The van der Waals surface area contributed by atoms with Crippen molar-refractivity contribution in [2.24, 2.45) is 5.73 Å². The number of halogens is 3. The average Bonchev–Trinajstić information content (AvgIpc) is 2.27. The second kappa shape index (κ2) is 4.75. The van der Waals surface area contributed by atoms with Crippen LogP contribution in [0.1, 0.15) is 17.4 Å². The van der Waals surface area contributed by atoms with Gasteiger partial charge in [0.15, 0.2) is 0 Å². The largest absolute Gasteiger partial charge is 0.479 e. The van der Waals surface area contributed by atoms with Crippen molar-refractivity contribution in [2.45, 2.75) is 18.6 Å². The molecule has 104 valence electrons. The van der Waals surface area contributed by atoms with Crippen molar-refractivity contribution in [3.05, 3.63) is 23.9 Å². The lowest BCUT2D eigenvalue weighted by atomic mass is 10.0.